The third-order valence-corrected chi connectivity index (χ3v) is 3.41. The zero-order chi connectivity index (χ0) is 10.7. The molecule has 0 spiro atoms. The van der Waals surface area contributed by atoms with Gasteiger partial charge in [0.15, 0.2) is 0 Å². The minimum absolute atomic E-state index is 0.369. The number of hydrogen-bond acceptors (Lipinski definition) is 2. The third-order valence-electron chi connectivity index (χ3n) is 3.41. The summed E-state index contributed by atoms with van der Waals surface area (Å²) in [5, 5.41) is 10.2. The van der Waals surface area contributed by atoms with E-state index in [1.807, 2.05) is 24.3 Å². The molecule has 1 aromatic carbocycles. The van der Waals surface area contributed by atoms with E-state index in [2.05, 4.69) is 0 Å². The summed E-state index contributed by atoms with van der Waals surface area (Å²) in [4.78, 5) is 0. The molecule has 0 radical (unpaired) electrons. The number of rotatable bonds is 2. The van der Waals surface area contributed by atoms with Crippen molar-refractivity contribution in [2.45, 2.75) is 38.2 Å². The molecule has 1 saturated carbocycles. The van der Waals surface area contributed by atoms with Crippen molar-refractivity contribution in [1.82, 2.24) is 0 Å². The summed E-state index contributed by atoms with van der Waals surface area (Å²) in [6.07, 6.45) is 5.70. The molecule has 0 saturated heterocycles. The van der Waals surface area contributed by atoms with E-state index in [1.165, 1.54) is 19.3 Å². The van der Waals surface area contributed by atoms with Crippen molar-refractivity contribution in [3.63, 3.8) is 0 Å². The lowest BCUT2D eigenvalue weighted by Crippen LogP contribution is -2.17. The molecular weight excluding hydrogens is 186 g/mol. The molecule has 2 heteroatoms. The molecule has 0 heterocycles. The first kappa shape index (κ1) is 10.5. The van der Waals surface area contributed by atoms with Crippen LogP contribution in [-0.4, -0.2) is 5.11 Å². The molecular formula is C13H19NO. The van der Waals surface area contributed by atoms with E-state index in [0.717, 1.165) is 24.1 Å². The van der Waals surface area contributed by atoms with Crippen molar-refractivity contribution >= 4 is 5.69 Å². The maximum atomic E-state index is 10.2. The Balaban J connectivity index is 2.12. The number of nitrogen functional groups attached to an aromatic ring is 1. The van der Waals surface area contributed by atoms with Crippen molar-refractivity contribution in [1.29, 1.82) is 0 Å². The molecule has 0 bridgehead atoms. The molecule has 0 amide bonds. The highest BCUT2D eigenvalue weighted by molar-refractivity contribution is 5.47. The molecule has 3 N–H and O–H groups in total. The highest BCUT2D eigenvalue weighted by Gasteiger charge is 2.23. The average molecular weight is 205 g/mol. The molecule has 1 fully saturated rings. The summed E-state index contributed by atoms with van der Waals surface area (Å²) < 4.78 is 0. The Morgan fingerprint density at radius 1 is 1.13 bits per heavy atom. The first-order valence-corrected chi connectivity index (χ1v) is 5.81. The topological polar surface area (TPSA) is 46.2 Å². The maximum Gasteiger partial charge on any atom is 0.0838 e. The van der Waals surface area contributed by atoms with Crippen molar-refractivity contribution in [3.8, 4) is 0 Å². The van der Waals surface area contributed by atoms with Gasteiger partial charge in [-0.2, -0.15) is 0 Å². The van der Waals surface area contributed by atoms with Gasteiger partial charge in [0.1, 0.15) is 0 Å². The maximum absolute atomic E-state index is 10.2. The van der Waals surface area contributed by atoms with Crippen LogP contribution in [0, 0.1) is 5.92 Å². The molecule has 15 heavy (non-hydrogen) atoms. The molecule has 1 aliphatic carbocycles. The summed E-state index contributed by atoms with van der Waals surface area (Å²) in [6, 6.07) is 7.65. The molecule has 0 aromatic heterocycles. The largest absolute Gasteiger partial charge is 0.398 e. The molecule has 2 rings (SSSR count). The van der Waals surface area contributed by atoms with Crippen LogP contribution in [0.4, 0.5) is 5.69 Å². The minimum Gasteiger partial charge on any atom is -0.398 e. The van der Waals surface area contributed by atoms with Gasteiger partial charge < -0.3 is 10.8 Å². The van der Waals surface area contributed by atoms with Crippen LogP contribution >= 0.6 is 0 Å². The second-order valence-electron chi connectivity index (χ2n) is 4.47. The molecule has 1 atom stereocenters. The monoisotopic (exact) mass is 205 g/mol. The first-order valence-electron chi connectivity index (χ1n) is 5.81. The fraction of sp³-hybridized carbons (Fsp3) is 0.538. The molecule has 1 aliphatic rings. The van der Waals surface area contributed by atoms with Gasteiger partial charge in [-0.25, -0.2) is 0 Å². The van der Waals surface area contributed by atoms with Crippen LogP contribution in [0.2, 0.25) is 0 Å². The van der Waals surface area contributed by atoms with Crippen LogP contribution in [0.1, 0.15) is 43.8 Å². The van der Waals surface area contributed by atoms with Crippen LogP contribution in [-0.2, 0) is 0 Å². The molecule has 82 valence electrons. The lowest BCUT2D eigenvalue weighted by Gasteiger charge is -2.27. The fourth-order valence-corrected chi connectivity index (χ4v) is 2.48. The predicted molar refractivity (Wildman–Crippen MR) is 62.4 cm³/mol. The quantitative estimate of drug-likeness (QED) is 0.729. The van der Waals surface area contributed by atoms with Crippen molar-refractivity contribution < 1.29 is 5.11 Å². The highest BCUT2D eigenvalue weighted by atomic mass is 16.3. The summed E-state index contributed by atoms with van der Waals surface area (Å²) in [7, 11) is 0. The van der Waals surface area contributed by atoms with Gasteiger partial charge in [0.05, 0.1) is 6.10 Å². The van der Waals surface area contributed by atoms with Crippen molar-refractivity contribution in [2.24, 2.45) is 5.92 Å². The Labute approximate surface area is 91.1 Å². The van der Waals surface area contributed by atoms with Crippen LogP contribution in [0.15, 0.2) is 24.3 Å². The number of anilines is 1. The summed E-state index contributed by atoms with van der Waals surface area (Å²) in [5.41, 5.74) is 7.49. The fourth-order valence-electron chi connectivity index (χ4n) is 2.48. The number of hydrogen-bond donors (Lipinski definition) is 2. The minimum atomic E-state index is -0.369. The smallest absolute Gasteiger partial charge is 0.0838 e. The van der Waals surface area contributed by atoms with Crippen molar-refractivity contribution in [3.05, 3.63) is 29.8 Å². The number of aliphatic hydroxyl groups excluding tert-OH is 1. The molecule has 1 aromatic rings. The normalized spacial score (nSPS) is 20.1. The van der Waals surface area contributed by atoms with Gasteiger partial charge in [-0.1, -0.05) is 37.5 Å². The zero-order valence-electron chi connectivity index (χ0n) is 9.02. The van der Waals surface area contributed by atoms with Crippen LogP contribution in [0.3, 0.4) is 0 Å². The Morgan fingerprint density at radius 3 is 2.47 bits per heavy atom. The lowest BCUT2D eigenvalue weighted by atomic mass is 9.82. The van der Waals surface area contributed by atoms with Crippen LogP contribution in [0.25, 0.3) is 0 Å². The summed E-state index contributed by atoms with van der Waals surface area (Å²) in [6.45, 7) is 0. The average Bonchev–Trinajstić information content (AvgIpc) is 2.30. The summed E-state index contributed by atoms with van der Waals surface area (Å²) >= 11 is 0. The molecule has 0 aliphatic heterocycles. The lowest BCUT2D eigenvalue weighted by molar-refractivity contribution is 0.0855. The van der Waals surface area contributed by atoms with Gasteiger partial charge >= 0.3 is 0 Å². The Morgan fingerprint density at radius 2 is 1.80 bits per heavy atom. The Kier molecular flexibility index (Phi) is 3.27. The molecule has 1 unspecified atom stereocenters. The second kappa shape index (κ2) is 4.67. The van der Waals surface area contributed by atoms with E-state index < -0.39 is 0 Å². The zero-order valence-corrected chi connectivity index (χ0v) is 9.02. The van der Waals surface area contributed by atoms with E-state index in [4.69, 9.17) is 5.73 Å². The van der Waals surface area contributed by atoms with E-state index in [0.29, 0.717) is 5.92 Å². The van der Waals surface area contributed by atoms with E-state index in [9.17, 15) is 5.11 Å². The Bertz CT molecular complexity index is 318. The van der Waals surface area contributed by atoms with Crippen LogP contribution in [0.5, 0.6) is 0 Å². The SMILES string of the molecule is Nc1ccccc1C(O)C1CCCCC1. The van der Waals surface area contributed by atoms with Crippen molar-refractivity contribution in [2.75, 3.05) is 5.73 Å². The predicted octanol–water partition coefficient (Wildman–Crippen LogP) is 2.88. The third kappa shape index (κ3) is 2.32. The van der Waals surface area contributed by atoms with Gasteiger partial charge in [-0.3, -0.25) is 0 Å². The van der Waals surface area contributed by atoms with Gasteiger partial charge in [0.25, 0.3) is 0 Å². The highest BCUT2D eigenvalue weighted by Crippen LogP contribution is 2.35. The number of aliphatic hydroxyl groups is 1. The number of benzene rings is 1. The van der Waals surface area contributed by atoms with Gasteiger partial charge in [-0.05, 0) is 24.8 Å². The van der Waals surface area contributed by atoms with Gasteiger partial charge in [-0.15, -0.1) is 0 Å². The molecule has 2 nitrogen and oxygen atoms in total. The van der Waals surface area contributed by atoms with E-state index in [-0.39, 0.29) is 6.10 Å². The van der Waals surface area contributed by atoms with E-state index >= 15 is 0 Å². The van der Waals surface area contributed by atoms with Crippen LogP contribution < -0.4 is 5.73 Å². The Hall–Kier alpha value is -1.02. The van der Waals surface area contributed by atoms with Gasteiger partial charge in [0.2, 0.25) is 0 Å². The summed E-state index contributed by atoms with van der Waals surface area (Å²) in [5.74, 6) is 0.406. The standard InChI is InChI=1S/C13H19NO/c14-12-9-5-4-8-11(12)13(15)10-6-2-1-3-7-10/h4-5,8-10,13,15H,1-3,6-7,14H2. The first-order chi connectivity index (χ1) is 7.29. The number of nitrogens with two attached hydrogens (primary N) is 1. The number of para-hydroxylation sites is 1. The van der Waals surface area contributed by atoms with Gasteiger partial charge in [0, 0.05) is 11.3 Å². The van der Waals surface area contributed by atoms with E-state index in [1.54, 1.807) is 0 Å². The second-order valence-corrected chi connectivity index (χ2v) is 4.47.